The Morgan fingerprint density at radius 3 is 2.74 bits per heavy atom. The average molecular weight is 361 g/mol. The van der Waals surface area contributed by atoms with Gasteiger partial charge < -0.3 is 20.0 Å². The van der Waals surface area contributed by atoms with E-state index >= 15 is 0 Å². The fraction of sp³-hybridized carbons (Fsp3) is 0.150. The smallest absolute Gasteiger partial charge is 0.160 e. The van der Waals surface area contributed by atoms with Crippen molar-refractivity contribution in [3.8, 4) is 5.75 Å². The number of carboxylic acid groups (broad SMARTS) is 1. The molecule has 0 aliphatic heterocycles. The largest absolute Gasteiger partial charge is 0.545 e. The number of aromatic carboxylic acids is 1. The molecule has 4 rings (SSSR count). The Hall–Kier alpha value is -3.61. The zero-order valence-electron chi connectivity index (χ0n) is 15.1. The van der Waals surface area contributed by atoms with Crippen LogP contribution in [0.3, 0.4) is 0 Å². The monoisotopic (exact) mass is 361 g/mol. The zero-order valence-corrected chi connectivity index (χ0v) is 15.1. The highest BCUT2D eigenvalue weighted by atomic mass is 16.5. The quantitative estimate of drug-likeness (QED) is 0.600. The van der Waals surface area contributed by atoms with Gasteiger partial charge in [0.25, 0.3) is 0 Å². The van der Waals surface area contributed by atoms with Gasteiger partial charge in [-0.05, 0) is 31.2 Å². The van der Waals surface area contributed by atoms with E-state index in [1.165, 1.54) is 13.2 Å². The van der Waals surface area contributed by atoms with Crippen molar-refractivity contribution in [2.45, 2.75) is 6.92 Å². The highest BCUT2D eigenvalue weighted by Crippen LogP contribution is 2.35. The van der Waals surface area contributed by atoms with Gasteiger partial charge in [0, 0.05) is 23.7 Å². The summed E-state index contributed by atoms with van der Waals surface area (Å²) in [5, 5.41) is 21.1. The standard InChI is InChI=1S/C20H18N4O3/c1-11-17-18(21-12-8-9-16(27-3)14(10-12)20(25)26)13-6-4-5-7-15(13)22-19(17)24(2)23-11/h4-10H,1-3H3,(H,21,22)(H,25,26)/p-1. The van der Waals surface area contributed by atoms with E-state index < -0.39 is 5.97 Å². The third kappa shape index (κ3) is 2.73. The molecule has 4 aromatic rings. The number of fused-ring (bicyclic) bond motifs is 2. The minimum absolute atomic E-state index is 0.0139. The van der Waals surface area contributed by atoms with Crippen LogP contribution in [0, 0.1) is 6.92 Å². The van der Waals surface area contributed by atoms with Crippen LogP contribution in [0.2, 0.25) is 0 Å². The second-order valence-corrected chi connectivity index (χ2v) is 6.24. The molecular weight excluding hydrogens is 344 g/mol. The Bertz CT molecular complexity index is 1200. The Morgan fingerprint density at radius 1 is 1.22 bits per heavy atom. The lowest BCUT2D eigenvalue weighted by Gasteiger charge is -2.15. The molecule has 2 aromatic carbocycles. The number of pyridine rings is 1. The molecule has 0 amide bonds. The fourth-order valence-corrected chi connectivity index (χ4v) is 3.32. The van der Waals surface area contributed by atoms with E-state index in [1.54, 1.807) is 16.8 Å². The predicted molar refractivity (Wildman–Crippen MR) is 101 cm³/mol. The van der Waals surface area contributed by atoms with Crippen molar-refractivity contribution in [2.75, 3.05) is 12.4 Å². The van der Waals surface area contributed by atoms with Gasteiger partial charge in [-0.1, -0.05) is 18.2 Å². The Balaban J connectivity index is 1.95. The van der Waals surface area contributed by atoms with Crippen molar-refractivity contribution >= 4 is 39.3 Å². The summed E-state index contributed by atoms with van der Waals surface area (Å²) in [5.41, 5.74) is 3.83. The molecular formula is C20H17N4O3-. The number of nitrogens with zero attached hydrogens (tertiary/aromatic N) is 3. The number of methoxy groups -OCH3 is 1. The number of carbonyl (C=O) groups excluding carboxylic acids is 1. The first-order chi connectivity index (χ1) is 13.0. The summed E-state index contributed by atoms with van der Waals surface area (Å²) in [7, 11) is 3.27. The molecule has 136 valence electrons. The van der Waals surface area contributed by atoms with Crippen LogP contribution in [-0.4, -0.2) is 27.8 Å². The van der Waals surface area contributed by atoms with E-state index in [0.29, 0.717) is 5.69 Å². The van der Waals surface area contributed by atoms with Crippen LogP contribution in [0.15, 0.2) is 42.5 Å². The Labute approximate surface area is 155 Å². The van der Waals surface area contributed by atoms with Crippen LogP contribution >= 0.6 is 0 Å². The summed E-state index contributed by atoms with van der Waals surface area (Å²) in [6.45, 7) is 1.92. The van der Waals surface area contributed by atoms with Crippen molar-refractivity contribution in [1.29, 1.82) is 0 Å². The van der Waals surface area contributed by atoms with Crippen molar-refractivity contribution in [1.82, 2.24) is 14.8 Å². The van der Waals surface area contributed by atoms with Gasteiger partial charge in [-0.15, -0.1) is 0 Å². The third-order valence-electron chi connectivity index (χ3n) is 4.53. The first-order valence-corrected chi connectivity index (χ1v) is 8.38. The minimum Gasteiger partial charge on any atom is -0.545 e. The molecule has 7 heteroatoms. The molecule has 0 unspecified atom stereocenters. The normalized spacial score (nSPS) is 11.1. The highest BCUT2D eigenvalue weighted by molar-refractivity contribution is 6.09. The van der Waals surface area contributed by atoms with Gasteiger partial charge in [-0.2, -0.15) is 5.10 Å². The zero-order chi connectivity index (χ0) is 19.1. The first kappa shape index (κ1) is 16.8. The minimum atomic E-state index is -1.29. The third-order valence-corrected chi connectivity index (χ3v) is 4.53. The van der Waals surface area contributed by atoms with E-state index in [-0.39, 0.29) is 11.3 Å². The number of ether oxygens (including phenoxy) is 1. The lowest BCUT2D eigenvalue weighted by Crippen LogP contribution is -2.23. The summed E-state index contributed by atoms with van der Waals surface area (Å²) in [4.78, 5) is 16.1. The first-order valence-electron chi connectivity index (χ1n) is 8.38. The van der Waals surface area contributed by atoms with Crippen LogP contribution < -0.4 is 15.2 Å². The highest BCUT2D eigenvalue weighted by Gasteiger charge is 2.16. The van der Waals surface area contributed by atoms with Crippen molar-refractivity contribution in [3.63, 3.8) is 0 Å². The van der Waals surface area contributed by atoms with Crippen LogP contribution in [-0.2, 0) is 7.05 Å². The summed E-state index contributed by atoms with van der Waals surface area (Å²) in [6, 6.07) is 12.6. The number of aromatic nitrogens is 3. The maximum absolute atomic E-state index is 11.4. The number of nitrogens with one attached hydrogen (secondary N) is 1. The van der Waals surface area contributed by atoms with E-state index in [9.17, 15) is 9.90 Å². The molecule has 0 aliphatic carbocycles. The molecule has 0 spiro atoms. The van der Waals surface area contributed by atoms with Crippen LogP contribution in [0.4, 0.5) is 11.4 Å². The maximum atomic E-state index is 11.4. The van der Waals surface area contributed by atoms with Crippen molar-refractivity contribution in [3.05, 3.63) is 53.7 Å². The van der Waals surface area contributed by atoms with Gasteiger partial charge in [-0.25, -0.2) is 4.98 Å². The van der Waals surface area contributed by atoms with Crippen LogP contribution in [0.5, 0.6) is 5.75 Å². The number of carboxylic acids is 1. The van der Waals surface area contributed by atoms with E-state index in [4.69, 9.17) is 9.72 Å². The number of hydrogen-bond acceptors (Lipinski definition) is 6. The molecule has 0 bridgehead atoms. The van der Waals surface area contributed by atoms with Crippen molar-refractivity contribution < 1.29 is 14.6 Å². The van der Waals surface area contributed by atoms with Gasteiger partial charge in [-0.3, -0.25) is 4.68 Å². The number of anilines is 2. The summed E-state index contributed by atoms with van der Waals surface area (Å²) >= 11 is 0. The number of rotatable bonds is 4. The van der Waals surface area contributed by atoms with Gasteiger partial charge in [0.2, 0.25) is 0 Å². The number of benzene rings is 2. The van der Waals surface area contributed by atoms with E-state index in [2.05, 4.69) is 10.4 Å². The lowest BCUT2D eigenvalue weighted by atomic mass is 10.1. The predicted octanol–water partition coefficient (Wildman–Crippen LogP) is 2.55. The molecule has 7 nitrogen and oxygen atoms in total. The molecule has 0 atom stereocenters. The van der Waals surface area contributed by atoms with Crippen molar-refractivity contribution in [2.24, 2.45) is 7.05 Å². The number of carbonyl (C=O) groups is 1. The molecule has 0 radical (unpaired) electrons. The van der Waals surface area contributed by atoms with Gasteiger partial charge >= 0.3 is 0 Å². The fourth-order valence-electron chi connectivity index (χ4n) is 3.32. The van der Waals surface area contributed by atoms with Gasteiger partial charge in [0.1, 0.15) is 5.75 Å². The summed E-state index contributed by atoms with van der Waals surface area (Å²) in [5.74, 6) is -1.04. The Morgan fingerprint density at radius 2 is 2.00 bits per heavy atom. The molecule has 2 aromatic heterocycles. The number of para-hydroxylation sites is 1. The van der Waals surface area contributed by atoms with Crippen LogP contribution in [0.1, 0.15) is 16.1 Å². The molecule has 0 fully saturated rings. The molecule has 2 heterocycles. The SMILES string of the molecule is COc1ccc(Nc2c3ccccc3nc3c2c(C)nn3C)cc1C(=O)[O-]. The average Bonchev–Trinajstić information content (AvgIpc) is 2.95. The van der Waals surface area contributed by atoms with Crippen LogP contribution in [0.25, 0.3) is 21.9 Å². The molecule has 0 aliphatic rings. The second kappa shape index (κ2) is 6.28. The molecule has 27 heavy (non-hydrogen) atoms. The second-order valence-electron chi connectivity index (χ2n) is 6.24. The molecule has 0 saturated heterocycles. The lowest BCUT2D eigenvalue weighted by molar-refractivity contribution is -0.255. The number of aryl methyl sites for hydroxylation is 2. The number of hydrogen-bond donors (Lipinski definition) is 1. The van der Waals surface area contributed by atoms with E-state index in [0.717, 1.165) is 33.3 Å². The summed E-state index contributed by atoms with van der Waals surface area (Å²) in [6.07, 6.45) is 0. The Kier molecular flexibility index (Phi) is 3.92. The van der Waals surface area contributed by atoms with Gasteiger partial charge in [0.05, 0.1) is 35.4 Å². The topological polar surface area (TPSA) is 92.1 Å². The summed E-state index contributed by atoms with van der Waals surface area (Å²) < 4.78 is 6.84. The molecule has 1 N–H and O–H groups in total. The van der Waals surface area contributed by atoms with E-state index in [1.807, 2.05) is 38.2 Å². The molecule has 0 saturated carbocycles. The maximum Gasteiger partial charge on any atom is 0.160 e. The van der Waals surface area contributed by atoms with Gasteiger partial charge in [0.15, 0.2) is 5.65 Å².